The van der Waals surface area contributed by atoms with Crippen LogP contribution in [0.4, 0.5) is 4.39 Å². The van der Waals surface area contributed by atoms with E-state index < -0.39 is 64.5 Å². The van der Waals surface area contributed by atoms with Crippen LogP contribution in [0.5, 0.6) is 0 Å². The summed E-state index contributed by atoms with van der Waals surface area (Å²) in [4.78, 5) is 68.6. The molecular formula is C33H44FN7O7. The molecule has 3 aliphatic rings. The molecule has 1 aromatic carbocycles. The first-order valence-electron chi connectivity index (χ1n) is 16.5. The summed E-state index contributed by atoms with van der Waals surface area (Å²) in [6, 6.07) is 2.23. The summed E-state index contributed by atoms with van der Waals surface area (Å²) in [5.74, 6) is -4.23. The minimum absolute atomic E-state index is 0.0170. The molecule has 15 heteroatoms. The summed E-state index contributed by atoms with van der Waals surface area (Å²) in [6.45, 7) is 3.35. The molecule has 0 radical (unpaired) electrons. The summed E-state index contributed by atoms with van der Waals surface area (Å²) in [7, 11) is 0. The lowest BCUT2D eigenvalue weighted by Gasteiger charge is -2.37. The van der Waals surface area contributed by atoms with E-state index in [0.29, 0.717) is 12.1 Å². The number of nitrogens with two attached hydrogens (primary N) is 1. The molecule has 48 heavy (non-hydrogen) atoms. The summed E-state index contributed by atoms with van der Waals surface area (Å²) in [6.07, 6.45) is 6.70. The quantitative estimate of drug-likeness (QED) is 0.255. The van der Waals surface area contributed by atoms with Crippen LogP contribution in [0.2, 0.25) is 0 Å². The van der Waals surface area contributed by atoms with Gasteiger partial charge in [-0.3, -0.25) is 24.0 Å². The number of primary amides is 1. The van der Waals surface area contributed by atoms with Crippen molar-refractivity contribution < 1.29 is 38.2 Å². The third-order valence-electron chi connectivity index (χ3n) is 9.78. The standard InChI is InChI=1S/C33H44FN7O7/c1-32(2,47)26-18-36-39-41(26)23-17-25(30(45)38-33(27(42)28(35)43)12-14-48-15-13-33)40(19-23)31(46)24(16-20-6-4-3-5-7-20)37-29(44)21-8-10-22(34)11-9-21/h8-11,18,20,23-25,47H,3-7,12-17,19H2,1-2H3,(H2,35,43)(H,37,44)(H,38,45)/t23?,24-,25?/m1/s1. The molecule has 1 aromatic heterocycles. The van der Waals surface area contributed by atoms with Crippen molar-refractivity contribution in [2.75, 3.05) is 19.8 Å². The van der Waals surface area contributed by atoms with E-state index in [4.69, 9.17) is 10.5 Å². The Bertz CT molecular complexity index is 1510. The Morgan fingerprint density at radius 2 is 1.77 bits per heavy atom. The maximum atomic E-state index is 14.6. The van der Waals surface area contributed by atoms with Crippen molar-refractivity contribution in [2.24, 2.45) is 11.7 Å². The third-order valence-corrected chi connectivity index (χ3v) is 9.78. The molecule has 2 saturated heterocycles. The maximum Gasteiger partial charge on any atom is 0.287 e. The van der Waals surface area contributed by atoms with E-state index in [1.807, 2.05) is 0 Å². The molecule has 5 rings (SSSR count). The number of nitrogens with zero attached hydrogens (tertiary/aromatic N) is 4. The van der Waals surface area contributed by atoms with Crippen molar-refractivity contribution in [3.8, 4) is 0 Å². The first-order valence-corrected chi connectivity index (χ1v) is 16.5. The summed E-state index contributed by atoms with van der Waals surface area (Å²) < 4.78 is 20.5. The van der Waals surface area contributed by atoms with Crippen LogP contribution in [0, 0.1) is 11.7 Å². The van der Waals surface area contributed by atoms with E-state index in [-0.39, 0.29) is 50.5 Å². The number of rotatable bonds is 11. The number of aliphatic hydroxyl groups is 1. The lowest BCUT2D eigenvalue weighted by Crippen LogP contribution is -2.64. The van der Waals surface area contributed by atoms with Gasteiger partial charge >= 0.3 is 0 Å². The van der Waals surface area contributed by atoms with Crippen LogP contribution in [0.3, 0.4) is 0 Å². The molecular weight excluding hydrogens is 625 g/mol. The van der Waals surface area contributed by atoms with Crippen LogP contribution in [-0.2, 0) is 29.5 Å². The molecule has 2 aromatic rings. The predicted octanol–water partition coefficient (Wildman–Crippen LogP) is 1.28. The largest absolute Gasteiger partial charge is 0.384 e. The molecule has 2 aliphatic heterocycles. The first-order chi connectivity index (χ1) is 22.8. The minimum Gasteiger partial charge on any atom is -0.384 e. The van der Waals surface area contributed by atoms with E-state index in [2.05, 4.69) is 20.9 Å². The van der Waals surface area contributed by atoms with Gasteiger partial charge in [-0.2, -0.15) is 0 Å². The molecule has 3 fully saturated rings. The number of nitrogens with one attached hydrogen (secondary N) is 2. The highest BCUT2D eigenvalue weighted by Gasteiger charge is 2.49. The minimum atomic E-state index is -1.60. The fourth-order valence-corrected chi connectivity index (χ4v) is 7.14. The van der Waals surface area contributed by atoms with Crippen molar-refractivity contribution >= 4 is 29.4 Å². The van der Waals surface area contributed by atoms with Crippen LogP contribution in [0.25, 0.3) is 0 Å². The molecule has 5 N–H and O–H groups in total. The number of halogens is 1. The second-order valence-corrected chi connectivity index (χ2v) is 13.7. The number of amides is 4. The molecule has 1 aliphatic carbocycles. The summed E-state index contributed by atoms with van der Waals surface area (Å²) in [5, 5.41) is 24.6. The number of Topliss-reactive ketones (excluding diaryl/α,β-unsaturated/α-hetero) is 1. The van der Waals surface area contributed by atoms with E-state index in [1.165, 1.54) is 27.9 Å². The smallest absolute Gasteiger partial charge is 0.287 e. The molecule has 1 saturated carbocycles. The second-order valence-electron chi connectivity index (χ2n) is 13.7. The van der Waals surface area contributed by atoms with Crippen molar-refractivity contribution in [3.63, 3.8) is 0 Å². The lowest BCUT2D eigenvalue weighted by molar-refractivity contribution is -0.147. The highest BCUT2D eigenvalue weighted by atomic mass is 19.1. The van der Waals surface area contributed by atoms with Gasteiger partial charge in [0.2, 0.25) is 17.6 Å². The van der Waals surface area contributed by atoms with Gasteiger partial charge in [0.15, 0.2) is 0 Å². The highest BCUT2D eigenvalue weighted by Crippen LogP contribution is 2.34. The Kier molecular flexibility index (Phi) is 10.6. The lowest BCUT2D eigenvalue weighted by atomic mass is 9.84. The number of hydrogen-bond acceptors (Lipinski definition) is 9. The van der Waals surface area contributed by atoms with E-state index in [1.54, 1.807) is 13.8 Å². The molecule has 0 spiro atoms. The Labute approximate surface area is 277 Å². The van der Waals surface area contributed by atoms with Crippen molar-refractivity contribution in [2.45, 2.75) is 101 Å². The van der Waals surface area contributed by atoms with Gasteiger partial charge in [-0.25, -0.2) is 9.07 Å². The van der Waals surface area contributed by atoms with Gasteiger partial charge in [-0.05, 0) is 50.5 Å². The van der Waals surface area contributed by atoms with Crippen LogP contribution < -0.4 is 16.4 Å². The molecule has 0 bridgehead atoms. The monoisotopic (exact) mass is 669 g/mol. The topological polar surface area (TPSA) is 199 Å². The van der Waals surface area contributed by atoms with Crippen LogP contribution in [-0.4, -0.2) is 91.8 Å². The van der Waals surface area contributed by atoms with Crippen LogP contribution in [0.15, 0.2) is 30.5 Å². The van der Waals surface area contributed by atoms with Crippen molar-refractivity contribution in [1.29, 1.82) is 0 Å². The Hall–Kier alpha value is -4.24. The zero-order valence-corrected chi connectivity index (χ0v) is 27.3. The first kappa shape index (κ1) is 35.1. The second kappa shape index (κ2) is 14.5. The molecule has 4 amide bonds. The van der Waals surface area contributed by atoms with Gasteiger partial charge in [0.05, 0.1) is 17.9 Å². The Morgan fingerprint density at radius 1 is 1.10 bits per heavy atom. The van der Waals surface area contributed by atoms with Gasteiger partial charge in [-0.1, -0.05) is 37.3 Å². The van der Waals surface area contributed by atoms with Crippen LogP contribution >= 0.6 is 0 Å². The van der Waals surface area contributed by atoms with Gasteiger partial charge in [0.1, 0.15) is 29.0 Å². The third kappa shape index (κ3) is 7.73. The number of carbonyl (C=O) groups excluding carboxylic acids is 5. The molecule has 3 atom stereocenters. The van der Waals surface area contributed by atoms with Crippen LogP contribution in [0.1, 0.15) is 93.7 Å². The molecule has 260 valence electrons. The normalized spacial score (nSPS) is 22.1. The van der Waals surface area contributed by atoms with Gasteiger partial charge < -0.3 is 31.1 Å². The fraction of sp³-hybridized carbons (Fsp3) is 0.606. The zero-order valence-electron chi connectivity index (χ0n) is 27.3. The number of likely N-dealkylation sites (tertiary alicyclic amines) is 1. The highest BCUT2D eigenvalue weighted by molar-refractivity contribution is 6.39. The average molecular weight is 670 g/mol. The van der Waals surface area contributed by atoms with Gasteiger partial charge in [0.25, 0.3) is 11.8 Å². The number of benzene rings is 1. The predicted molar refractivity (Wildman–Crippen MR) is 168 cm³/mol. The summed E-state index contributed by atoms with van der Waals surface area (Å²) in [5.41, 5.74) is 2.99. The van der Waals surface area contributed by atoms with Crippen molar-refractivity contribution in [1.82, 2.24) is 30.5 Å². The van der Waals surface area contributed by atoms with Crippen molar-refractivity contribution in [3.05, 3.63) is 47.5 Å². The Morgan fingerprint density at radius 3 is 2.40 bits per heavy atom. The van der Waals surface area contributed by atoms with Gasteiger partial charge in [-0.15, -0.1) is 5.10 Å². The number of carbonyl (C=O) groups is 5. The number of ketones is 1. The van der Waals surface area contributed by atoms with E-state index in [9.17, 15) is 33.5 Å². The number of ether oxygens (including phenoxy) is 1. The zero-order chi connectivity index (χ0) is 34.6. The maximum absolute atomic E-state index is 14.6. The molecule has 2 unspecified atom stereocenters. The summed E-state index contributed by atoms with van der Waals surface area (Å²) >= 11 is 0. The Balaban J connectivity index is 1.48. The number of aromatic nitrogens is 3. The SMILES string of the molecule is CC(C)(O)c1cnnn1C1CC(C(=O)NC2(C(=O)C(N)=O)CCOCC2)N(C(=O)[C@@H](CC2CCCCC2)NC(=O)c2ccc(F)cc2)C1. The molecule has 3 heterocycles. The van der Waals surface area contributed by atoms with E-state index >= 15 is 0 Å². The van der Waals surface area contributed by atoms with Gasteiger partial charge in [0, 0.05) is 44.6 Å². The fourth-order valence-electron chi connectivity index (χ4n) is 7.14. The average Bonchev–Trinajstić information content (AvgIpc) is 3.73. The molecule has 14 nitrogen and oxygen atoms in total. The number of hydrogen-bond donors (Lipinski definition) is 4. The van der Waals surface area contributed by atoms with E-state index in [0.717, 1.165) is 44.2 Å².